The molecule has 33 heavy (non-hydrogen) atoms. The molecule has 3 aromatic carbocycles. The second kappa shape index (κ2) is 7.74. The SMILES string of the molecule is CC(O)c1ccc(-c2cc(F)c(CN3Cc4cccc(F)c4C3=O)c(F)c2)c2cn(C)nc12. The molecule has 8 heteroatoms. The summed E-state index contributed by atoms with van der Waals surface area (Å²) in [6.45, 7) is 1.40. The Morgan fingerprint density at radius 2 is 1.82 bits per heavy atom. The first-order valence-electron chi connectivity index (χ1n) is 10.4. The molecule has 0 bridgehead atoms. The van der Waals surface area contributed by atoms with Crippen LogP contribution in [0.3, 0.4) is 0 Å². The first kappa shape index (κ1) is 21.2. The van der Waals surface area contributed by atoms with E-state index in [-0.39, 0.29) is 24.2 Å². The fourth-order valence-corrected chi connectivity index (χ4v) is 4.43. The summed E-state index contributed by atoms with van der Waals surface area (Å²) < 4.78 is 45.8. The lowest BCUT2D eigenvalue weighted by atomic mass is 9.96. The van der Waals surface area contributed by atoms with E-state index in [9.17, 15) is 14.3 Å². The van der Waals surface area contributed by atoms with Gasteiger partial charge in [0, 0.05) is 36.3 Å². The number of hydrogen-bond acceptors (Lipinski definition) is 3. The second-order valence-corrected chi connectivity index (χ2v) is 8.30. The third-order valence-electron chi connectivity index (χ3n) is 6.04. The summed E-state index contributed by atoms with van der Waals surface area (Å²) in [5.74, 6) is -2.83. The molecular formula is C25H20F3N3O2. The van der Waals surface area contributed by atoms with Crippen LogP contribution < -0.4 is 0 Å². The fourth-order valence-electron chi connectivity index (χ4n) is 4.43. The van der Waals surface area contributed by atoms with Gasteiger partial charge in [-0.15, -0.1) is 0 Å². The van der Waals surface area contributed by atoms with E-state index in [4.69, 9.17) is 0 Å². The second-order valence-electron chi connectivity index (χ2n) is 8.30. The van der Waals surface area contributed by atoms with Crippen LogP contribution in [0.5, 0.6) is 0 Å². The van der Waals surface area contributed by atoms with E-state index >= 15 is 8.78 Å². The molecule has 1 atom stereocenters. The maximum absolute atomic E-state index is 15.1. The molecule has 5 rings (SSSR count). The molecule has 1 aliphatic rings. The molecule has 168 valence electrons. The van der Waals surface area contributed by atoms with Gasteiger partial charge in [0.05, 0.1) is 23.7 Å². The van der Waals surface area contributed by atoms with Gasteiger partial charge < -0.3 is 10.0 Å². The Bertz CT molecular complexity index is 1410. The van der Waals surface area contributed by atoms with Crippen molar-refractivity contribution in [2.45, 2.75) is 26.1 Å². The highest BCUT2D eigenvalue weighted by Crippen LogP contribution is 2.35. The van der Waals surface area contributed by atoms with E-state index in [1.165, 1.54) is 29.2 Å². The summed E-state index contributed by atoms with van der Waals surface area (Å²) in [5.41, 5.74) is 2.23. The number of aliphatic hydroxyl groups is 1. The Labute approximate surface area is 187 Å². The fraction of sp³-hybridized carbons (Fsp3) is 0.200. The molecule has 1 N–H and O–H groups in total. The van der Waals surface area contributed by atoms with E-state index < -0.39 is 29.5 Å². The third kappa shape index (κ3) is 3.47. The lowest BCUT2D eigenvalue weighted by molar-refractivity contribution is 0.0760. The number of carbonyl (C=O) groups excluding carboxylic acids is 1. The minimum atomic E-state index is -0.800. The number of aliphatic hydroxyl groups excluding tert-OH is 1. The maximum Gasteiger partial charge on any atom is 0.257 e. The van der Waals surface area contributed by atoms with E-state index in [2.05, 4.69) is 5.10 Å². The van der Waals surface area contributed by atoms with E-state index in [1.807, 2.05) is 0 Å². The molecule has 0 radical (unpaired) electrons. The highest BCUT2D eigenvalue weighted by atomic mass is 19.1. The average Bonchev–Trinajstić information content (AvgIpc) is 3.29. The van der Waals surface area contributed by atoms with Crippen LogP contribution in [0.4, 0.5) is 13.2 Å². The summed E-state index contributed by atoms with van der Waals surface area (Å²) in [5, 5.41) is 15.1. The Morgan fingerprint density at radius 3 is 2.48 bits per heavy atom. The summed E-state index contributed by atoms with van der Waals surface area (Å²) in [7, 11) is 1.73. The normalized spacial score (nSPS) is 14.2. The highest BCUT2D eigenvalue weighted by molar-refractivity contribution is 5.99. The number of nitrogens with zero attached hydrogens (tertiary/aromatic N) is 3. The summed E-state index contributed by atoms with van der Waals surface area (Å²) in [6.07, 6.45) is 0.980. The number of amides is 1. The van der Waals surface area contributed by atoms with Gasteiger partial charge in [-0.2, -0.15) is 5.10 Å². The van der Waals surface area contributed by atoms with Crippen LogP contribution in [-0.4, -0.2) is 25.7 Å². The van der Waals surface area contributed by atoms with Crippen LogP contribution in [0, 0.1) is 17.5 Å². The van der Waals surface area contributed by atoms with Crippen molar-refractivity contribution in [1.29, 1.82) is 0 Å². The van der Waals surface area contributed by atoms with Crippen LogP contribution in [0.15, 0.2) is 48.7 Å². The molecular weight excluding hydrogens is 431 g/mol. The van der Waals surface area contributed by atoms with Crippen LogP contribution in [0.25, 0.3) is 22.0 Å². The first-order chi connectivity index (χ1) is 15.7. The van der Waals surface area contributed by atoms with Gasteiger partial charge >= 0.3 is 0 Å². The van der Waals surface area contributed by atoms with E-state index in [1.54, 1.807) is 43.0 Å². The molecule has 5 nitrogen and oxygen atoms in total. The molecule has 2 heterocycles. The number of hydrogen-bond donors (Lipinski definition) is 1. The number of aryl methyl sites for hydroxylation is 1. The molecule has 1 unspecified atom stereocenters. The van der Waals surface area contributed by atoms with Gasteiger partial charge in [0.2, 0.25) is 0 Å². The zero-order valence-electron chi connectivity index (χ0n) is 17.9. The van der Waals surface area contributed by atoms with Crippen LogP contribution in [0.1, 0.15) is 40.1 Å². The highest BCUT2D eigenvalue weighted by Gasteiger charge is 2.31. The van der Waals surface area contributed by atoms with Crippen molar-refractivity contribution in [3.63, 3.8) is 0 Å². The lowest BCUT2D eigenvalue weighted by Gasteiger charge is -2.17. The van der Waals surface area contributed by atoms with Crippen molar-refractivity contribution < 1.29 is 23.1 Å². The van der Waals surface area contributed by atoms with Crippen LogP contribution in [-0.2, 0) is 20.1 Å². The Kier molecular flexibility index (Phi) is 4.97. The van der Waals surface area contributed by atoms with Crippen LogP contribution >= 0.6 is 0 Å². The number of benzene rings is 3. The number of halogens is 3. The Hall–Kier alpha value is -3.65. The van der Waals surface area contributed by atoms with Crippen LogP contribution in [0.2, 0.25) is 0 Å². The standard InChI is InChI=1S/C25H20F3N3O2/c1-13(32)16-6-7-17(18-11-30(2)29-24(16)18)15-8-21(27)19(22(28)9-15)12-31-10-14-4-3-5-20(26)23(14)25(31)33/h3-9,11,13,32H,10,12H2,1-2H3. The monoisotopic (exact) mass is 451 g/mol. The Morgan fingerprint density at radius 1 is 1.09 bits per heavy atom. The summed E-state index contributed by atoms with van der Waals surface area (Å²) in [4.78, 5) is 13.8. The molecule has 1 aromatic heterocycles. The molecule has 0 saturated carbocycles. The van der Waals surface area contributed by atoms with Crippen molar-refractivity contribution in [2.75, 3.05) is 0 Å². The number of fused-ring (bicyclic) bond motifs is 2. The summed E-state index contributed by atoms with van der Waals surface area (Å²) in [6, 6.07) is 10.1. The zero-order valence-corrected chi connectivity index (χ0v) is 17.9. The van der Waals surface area contributed by atoms with Gasteiger partial charge in [-0.1, -0.05) is 24.3 Å². The smallest absolute Gasteiger partial charge is 0.257 e. The Balaban J connectivity index is 1.51. The van der Waals surface area contributed by atoms with Crippen molar-refractivity contribution in [1.82, 2.24) is 14.7 Å². The molecule has 1 amide bonds. The quantitative estimate of drug-likeness (QED) is 0.482. The minimum Gasteiger partial charge on any atom is -0.389 e. The lowest BCUT2D eigenvalue weighted by Crippen LogP contribution is -2.25. The van der Waals surface area contributed by atoms with Gasteiger partial charge in [-0.3, -0.25) is 9.48 Å². The van der Waals surface area contributed by atoms with Gasteiger partial charge in [0.25, 0.3) is 5.91 Å². The third-order valence-corrected chi connectivity index (χ3v) is 6.04. The topological polar surface area (TPSA) is 58.4 Å². The molecule has 0 fully saturated rings. The zero-order chi connectivity index (χ0) is 23.4. The van der Waals surface area contributed by atoms with Gasteiger partial charge in [-0.05, 0) is 41.8 Å². The first-order valence-corrected chi connectivity index (χ1v) is 10.4. The van der Waals surface area contributed by atoms with Gasteiger partial charge in [-0.25, -0.2) is 13.2 Å². The molecule has 4 aromatic rings. The van der Waals surface area contributed by atoms with E-state index in [0.29, 0.717) is 33.2 Å². The molecule has 0 saturated heterocycles. The number of carbonyl (C=O) groups is 1. The van der Waals surface area contributed by atoms with Crippen molar-refractivity contribution in [3.8, 4) is 11.1 Å². The van der Waals surface area contributed by atoms with Crippen molar-refractivity contribution in [2.24, 2.45) is 7.05 Å². The van der Waals surface area contributed by atoms with Crippen molar-refractivity contribution in [3.05, 3.63) is 88.4 Å². The largest absolute Gasteiger partial charge is 0.389 e. The molecule has 1 aliphatic heterocycles. The molecule has 0 aliphatic carbocycles. The van der Waals surface area contributed by atoms with Gasteiger partial charge in [0.1, 0.15) is 17.5 Å². The predicted molar refractivity (Wildman–Crippen MR) is 117 cm³/mol. The van der Waals surface area contributed by atoms with Gasteiger partial charge in [0.15, 0.2) is 0 Å². The average molecular weight is 451 g/mol. The van der Waals surface area contributed by atoms with Crippen molar-refractivity contribution >= 4 is 16.8 Å². The predicted octanol–water partition coefficient (Wildman–Crippen LogP) is 4.87. The summed E-state index contributed by atoms with van der Waals surface area (Å²) >= 11 is 0. The minimum absolute atomic E-state index is 0.0490. The number of rotatable bonds is 4. The number of aromatic nitrogens is 2. The molecule has 0 spiro atoms. The van der Waals surface area contributed by atoms with E-state index in [0.717, 1.165) is 0 Å². The maximum atomic E-state index is 15.1.